The molecule has 0 unspecified atom stereocenters. The van der Waals surface area contributed by atoms with Crippen molar-refractivity contribution in [2.24, 2.45) is 4.99 Å². The van der Waals surface area contributed by atoms with Gasteiger partial charge < -0.3 is 10.6 Å². The van der Waals surface area contributed by atoms with Crippen LogP contribution in [0.5, 0.6) is 0 Å². The molecule has 6 heteroatoms. The van der Waals surface area contributed by atoms with Crippen molar-refractivity contribution in [1.82, 2.24) is 20.4 Å². The molecule has 0 saturated heterocycles. The third kappa shape index (κ3) is 6.63. The van der Waals surface area contributed by atoms with Crippen molar-refractivity contribution >= 4 is 29.9 Å². The number of hydrogen-bond donors (Lipinski definition) is 2. The molecule has 144 valence electrons. The zero-order valence-corrected chi connectivity index (χ0v) is 18.9. The van der Waals surface area contributed by atoms with Crippen LogP contribution < -0.4 is 10.6 Å². The van der Waals surface area contributed by atoms with Crippen LogP contribution in [0.4, 0.5) is 0 Å². The van der Waals surface area contributed by atoms with Crippen molar-refractivity contribution in [3.63, 3.8) is 0 Å². The average Bonchev–Trinajstić information content (AvgIpc) is 2.92. The largest absolute Gasteiger partial charge is 0.356 e. The molecule has 2 aromatic rings. The molecule has 0 aliphatic heterocycles. The lowest BCUT2D eigenvalue weighted by molar-refractivity contribution is 0.506. The smallest absolute Gasteiger partial charge is 0.191 e. The predicted octanol–water partition coefficient (Wildman–Crippen LogP) is 3.65. The summed E-state index contributed by atoms with van der Waals surface area (Å²) in [5.41, 5.74) is 3.65. The Morgan fingerprint density at radius 1 is 1.15 bits per heavy atom. The highest BCUT2D eigenvalue weighted by atomic mass is 127. The van der Waals surface area contributed by atoms with Gasteiger partial charge in [0.15, 0.2) is 5.96 Å². The van der Waals surface area contributed by atoms with E-state index in [4.69, 9.17) is 0 Å². The Kier molecular flexibility index (Phi) is 9.12. The maximum atomic E-state index is 4.49. The van der Waals surface area contributed by atoms with Crippen LogP contribution >= 0.6 is 24.0 Å². The third-order valence-electron chi connectivity index (χ3n) is 4.42. The standard InChI is InChI=1S/C20H31N5.HI/c1-16-14-17(2)25(24-16)13-9-12-22-19(21-5)23-15-20(3,4)18-10-7-6-8-11-18;/h6-8,10-11,14H,9,12-13,15H2,1-5H3,(H2,21,22,23);1H. The van der Waals surface area contributed by atoms with E-state index in [-0.39, 0.29) is 29.4 Å². The Hall–Kier alpha value is -1.57. The van der Waals surface area contributed by atoms with Gasteiger partial charge in [0.1, 0.15) is 0 Å². The summed E-state index contributed by atoms with van der Waals surface area (Å²) in [5.74, 6) is 0.845. The van der Waals surface area contributed by atoms with Crippen LogP contribution in [0.1, 0.15) is 37.2 Å². The van der Waals surface area contributed by atoms with Gasteiger partial charge in [-0.25, -0.2) is 0 Å². The lowest BCUT2D eigenvalue weighted by Gasteiger charge is -2.26. The van der Waals surface area contributed by atoms with Gasteiger partial charge in [0.05, 0.1) is 5.69 Å². The van der Waals surface area contributed by atoms with Gasteiger partial charge in [0.25, 0.3) is 0 Å². The van der Waals surface area contributed by atoms with Crippen molar-refractivity contribution in [2.75, 3.05) is 20.1 Å². The Balaban J connectivity index is 0.00000338. The molecule has 1 aromatic carbocycles. The molecule has 26 heavy (non-hydrogen) atoms. The molecule has 0 bridgehead atoms. The number of nitrogens with zero attached hydrogens (tertiary/aromatic N) is 3. The number of aromatic nitrogens is 2. The first-order valence-electron chi connectivity index (χ1n) is 8.93. The van der Waals surface area contributed by atoms with Gasteiger partial charge in [-0.1, -0.05) is 44.2 Å². The van der Waals surface area contributed by atoms with E-state index in [1.165, 1.54) is 11.3 Å². The first-order valence-corrected chi connectivity index (χ1v) is 8.93. The topological polar surface area (TPSA) is 54.2 Å². The van der Waals surface area contributed by atoms with E-state index >= 15 is 0 Å². The second-order valence-corrected chi connectivity index (χ2v) is 7.11. The number of rotatable bonds is 7. The number of aryl methyl sites for hydroxylation is 3. The maximum Gasteiger partial charge on any atom is 0.191 e. The highest BCUT2D eigenvalue weighted by Gasteiger charge is 2.20. The fourth-order valence-corrected chi connectivity index (χ4v) is 2.85. The summed E-state index contributed by atoms with van der Waals surface area (Å²) >= 11 is 0. The Labute approximate surface area is 174 Å². The van der Waals surface area contributed by atoms with Gasteiger partial charge >= 0.3 is 0 Å². The van der Waals surface area contributed by atoms with Gasteiger partial charge in [-0.3, -0.25) is 9.67 Å². The minimum absolute atomic E-state index is 0. The first-order chi connectivity index (χ1) is 11.9. The molecule has 0 atom stereocenters. The summed E-state index contributed by atoms with van der Waals surface area (Å²) < 4.78 is 2.06. The van der Waals surface area contributed by atoms with E-state index in [0.29, 0.717) is 0 Å². The van der Waals surface area contributed by atoms with Gasteiger partial charge in [0, 0.05) is 37.8 Å². The van der Waals surface area contributed by atoms with Gasteiger partial charge in [0.2, 0.25) is 0 Å². The monoisotopic (exact) mass is 469 g/mol. The van der Waals surface area contributed by atoms with Gasteiger partial charge in [-0.05, 0) is 31.9 Å². The van der Waals surface area contributed by atoms with E-state index in [0.717, 1.165) is 37.7 Å². The molecular formula is C20H32IN5. The summed E-state index contributed by atoms with van der Waals surface area (Å²) in [6.07, 6.45) is 1.00. The molecule has 0 radical (unpaired) electrons. The van der Waals surface area contributed by atoms with Crippen LogP contribution in [0.2, 0.25) is 0 Å². The SMILES string of the molecule is CN=C(NCCCn1nc(C)cc1C)NCC(C)(C)c1ccccc1.I. The highest BCUT2D eigenvalue weighted by molar-refractivity contribution is 14.0. The molecule has 0 spiro atoms. The molecule has 0 saturated carbocycles. The number of hydrogen-bond acceptors (Lipinski definition) is 2. The molecule has 5 nitrogen and oxygen atoms in total. The minimum Gasteiger partial charge on any atom is -0.356 e. The second-order valence-electron chi connectivity index (χ2n) is 7.11. The van der Waals surface area contributed by atoms with Crippen LogP contribution in [0, 0.1) is 13.8 Å². The molecule has 0 fully saturated rings. The summed E-state index contributed by atoms with van der Waals surface area (Å²) in [7, 11) is 1.81. The van der Waals surface area contributed by atoms with Crippen LogP contribution in [0.3, 0.4) is 0 Å². The number of halogens is 1. The van der Waals surface area contributed by atoms with Crippen LogP contribution in [-0.2, 0) is 12.0 Å². The summed E-state index contributed by atoms with van der Waals surface area (Å²) in [5, 5.41) is 11.3. The van der Waals surface area contributed by atoms with Crippen LogP contribution in [-0.4, -0.2) is 35.9 Å². The number of nitrogens with one attached hydrogen (secondary N) is 2. The lowest BCUT2D eigenvalue weighted by atomic mass is 9.85. The Bertz CT molecular complexity index is 691. The average molecular weight is 469 g/mol. The summed E-state index contributed by atoms with van der Waals surface area (Å²) in [6, 6.07) is 12.7. The van der Waals surface area contributed by atoms with E-state index in [1.54, 1.807) is 0 Å². The first kappa shape index (κ1) is 22.5. The van der Waals surface area contributed by atoms with Crippen LogP contribution in [0.25, 0.3) is 0 Å². The lowest BCUT2D eigenvalue weighted by Crippen LogP contribution is -2.43. The summed E-state index contributed by atoms with van der Waals surface area (Å²) in [6.45, 7) is 11.2. The third-order valence-corrected chi connectivity index (χ3v) is 4.42. The fourth-order valence-electron chi connectivity index (χ4n) is 2.85. The molecule has 1 heterocycles. The van der Waals surface area contributed by atoms with Crippen molar-refractivity contribution in [2.45, 2.75) is 46.1 Å². The highest BCUT2D eigenvalue weighted by Crippen LogP contribution is 2.21. The van der Waals surface area contributed by atoms with Crippen molar-refractivity contribution in [3.05, 3.63) is 53.3 Å². The molecular weight excluding hydrogens is 437 g/mol. The second kappa shape index (κ2) is 10.5. The van der Waals surface area contributed by atoms with E-state index < -0.39 is 0 Å². The number of benzene rings is 1. The van der Waals surface area contributed by atoms with Gasteiger partial charge in [-0.2, -0.15) is 5.10 Å². The van der Waals surface area contributed by atoms with E-state index in [2.05, 4.69) is 82.6 Å². The van der Waals surface area contributed by atoms with Gasteiger partial charge in [-0.15, -0.1) is 24.0 Å². The molecule has 0 amide bonds. The van der Waals surface area contributed by atoms with E-state index in [9.17, 15) is 0 Å². The summed E-state index contributed by atoms with van der Waals surface area (Å²) in [4.78, 5) is 4.32. The molecule has 2 rings (SSSR count). The van der Waals surface area contributed by atoms with Crippen molar-refractivity contribution in [3.8, 4) is 0 Å². The maximum absolute atomic E-state index is 4.49. The Morgan fingerprint density at radius 2 is 1.85 bits per heavy atom. The molecule has 0 aliphatic rings. The Morgan fingerprint density at radius 3 is 2.42 bits per heavy atom. The van der Waals surface area contributed by atoms with Crippen LogP contribution in [0.15, 0.2) is 41.4 Å². The van der Waals surface area contributed by atoms with E-state index in [1.807, 2.05) is 14.0 Å². The quantitative estimate of drug-likeness (QED) is 0.282. The molecule has 2 N–H and O–H groups in total. The molecule has 0 aliphatic carbocycles. The predicted molar refractivity (Wildman–Crippen MR) is 121 cm³/mol. The zero-order chi connectivity index (χ0) is 18.3. The van der Waals surface area contributed by atoms with Crippen molar-refractivity contribution in [1.29, 1.82) is 0 Å². The number of aliphatic imine (C=N–C) groups is 1. The normalized spacial score (nSPS) is 11.8. The van der Waals surface area contributed by atoms with Crippen molar-refractivity contribution < 1.29 is 0 Å². The fraction of sp³-hybridized carbons (Fsp3) is 0.500. The molecule has 1 aromatic heterocycles. The zero-order valence-electron chi connectivity index (χ0n) is 16.5. The number of guanidine groups is 1. The minimum atomic E-state index is 0.